The van der Waals surface area contributed by atoms with Gasteiger partial charge in [-0.2, -0.15) is 0 Å². The Morgan fingerprint density at radius 2 is 0.712 bits per heavy atom. The largest absolute Gasteiger partial charge is 0.309 e. The summed E-state index contributed by atoms with van der Waals surface area (Å²) in [5.41, 5.74) is 15.2. The van der Waals surface area contributed by atoms with Gasteiger partial charge in [0.25, 0.3) is 0 Å². The maximum Gasteiger partial charge on any atom is 0.164 e. The molecule has 0 saturated heterocycles. The quantitative estimate of drug-likeness (QED) is 0.161. The molecular formula is C61H45N5. The SMILES string of the molecule is CC(C)(C)c1ccc2c(c1)c1cc(-n3c4ccccc4c4ccccc43)ccc1n2-c1c(-c2ccccc2)cc(-c2nc(-c3ccccc3)nc(-c3ccccc3)n2)cc1-c1ccccc1. The van der Waals surface area contributed by atoms with E-state index in [1.807, 2.05) is 36.4 Å². The van der Waals surface area contributed by atoms with Gasteiger partial charge in [0, 0.05) is 55.0 Å². The molecule has 12 aromatic rings. The van der Waals surface area contributed by atoms with Gasteiger partial charge in [0.15, 0.2) is 17.5 Å². The first-order chi connectivity index (χ1) is 32.4. The molecule has 9 aromatic carbocycles. The van der Waals surface area contributed by atoms with Crippen molar-refractivity contribution >= 4 is 43.6 Å². The van der Waals surface area contributed by atoms with Crippen molar-refractivity contribution in [1.82, 2.24) is 24.1 Å². The van der Waals surface area contributed by atoms with Gasteiger partial charge in [0.2, 0.25) is 0 Å². The fraction of sp³-hybridized carbons (Fsp3) is 0.0656. The predicted octanol–water partition coefficient (Wildman–Crippen LogP) is 15.7. The summed E-state index contributed by atoms with van der Waals surface area (Å²) in [5.74, 6) is 1.86. The molecule has 0 radical (unpaired) electrons. The molecule has 66 heavy (non-hydrogen) atoms. The van der Waals surface area contributed by atoms with E-state index in [4.69, 9.17) is 15.0 Å². The van der Waals surface area contributed by atoms with Crippen molar-refractivity contribution in [2.45, 2.75) is 26.2 Å². The van der Waals surface area contributed by atoms with Crippen molar-refractivity contribution in [2.75, 3.05) is 0 Å². The van der Waals surface area contributed by atoms with Crippen LogP contribution in [0.5, 0.6) is 0 Å². The molecule has 0 aliphatic heterocycles. The van der Waals surface area contributed by atoms with Crippen molar-refractivity contribution in [3.8, 4) is 67.8 Å². The second-order valence-electron chi connectivity index (χ2n) is 18.1. The van der Waals surface area contributed by atoms with Crippen molar-refractivity contribution in [3.05, 3.63) is 224 Å². The lowest BCUT2D eigenvalue weighted by Gasteiger charge is -2.22. The molecule has 0 atom stereocenters. The first kappa shape index (κ1) is 39.2. The van der Waals surface area contributed by atoms with Gasteiger partial charge in [-0.1, -0.05) is 185 Å². The lowest BCUT2D eigenvalue weighted by molar-refractivity contribution is 0.591. The van der Waals surface area contributed by atoms with E-state index in [1.165, 1.54) is 38.1 Å². The lowest BCUT2D eigenvalue weighted by Crippen LogP contribution is -2.10. The van der Waals surface area contributed by atoms with Gasteiger partial charge < -0.3 is 9.13 Å². The van der Waals surface area contributed by atoms with Crippen LogP contribution in [0.1, 0.15) is 26.3 Å². The summed E-state index contributed by atoms with van der Waals surface area (Å²) in [7, 11) is 0. The van der Waals surface area contributed by atoms with Crippen molar-refractivity contribution in [3.63, 3.8) is 0 Å². The standard InChI is InChI=1S/C61H45N5/c1-61(2,3)45-32-34-55-51(38-45)52-39-46(65-53-30-18-16-28-47(53)48-29-17-19-31-54(48)65)33-35-56(52)66(55)57-49(40-20-8-4-9-21-40)36-44(37-50(57)41-22-10-5-11-23-41)60-63-58(42-24-12-6-13-25-42)62-59(64-60)43-26-14-7-15-27-43/h4-39H,1-3H3. The Morgan fingerprint density at radius 1 is 0.318 bits per heavy atom. The lowest BCUT2D eigenvalue weighted by atomic mass is 9.86. The molecule has 0 unspecified atom stereocenters. The van der Waals surface area contributed by atoms with Crippen LogP contribution in [-0.4, -0.2) is 24.1 Å². The zero-order valence-electron chi connectivity index (χ0n) is 37.0. The Kier molecular flexibility index (Phi) is 9.32. The zero-order chi connectivity index (χ0) is 44.4. The molecule has 314 valence electrons. The molecule has 12 rings (SSSR count). The molecule has 3 aromatic heterocycles. The van der Waals surface area contributed by atoms with E-state index < -0.39 is 0 Å². The Bertz CT molecular complexity index is 3600. The van der Waals surface area contributed by atoms with Crippen LogP contribution in [-0.2, 0) is 5.41 Å². The van der Waals surface area contributed by atoms with Gasteiger partial charge in [-0.3, -0.25) is 0 Å². The summed E-state index contributed by atoms with van der Waals surface area (Å²) < 4.78 is 4.92. The van der Waals surface area contributed by atoms with Gasteiger partial charge in [0.1, 0.15) is 0 Å². The molecule has 0 aliphatic rings. The average molecular weight is 848 g/mol. The summed E-state index contributed by atoms with van der Waals surface area (Å²) >= 11 is 0. The molecule has 0 spiro atoms. The minimum atomic E-state index is -0.0547. The highest BCUT2D eigenvalue weighted by molar-refractivity contribution is 6.13. The zero-order valence-corrected chi connectivity index (χ0v) is 37.0. The number of rotatable bonds is 7. The number of benzene rings is 9. The number of hydrogen-bond acceptors (Lipinski definition) is 3. The summed E-state index contributed by atoms with van der Waals surface area (Å²) in [5, 5.41) is 4.89. The Hall–Kier alpha value is -8.41. The van der Waals surface area contributed by atoms with Gasteiger partial charge >= 0.3 is 0 Å². The monoisotopic (exact) mass is 847 g/mol. The summed E-state index contributed by atoms with van der Waals surface area (Å²) in [6.45, 7) is 6.89. The molecule has 0 fully saturated rings. The second-order valence-corrected chi connectivity index (χ2v) is 18.1. The van der Waals surface area contributed by atoms with Gasteiger partial charge in [-0.05, 0) is 76.7 Å². The van der Waals surface area contributed by atoms with Crippen LogP contribution < -0.4 is 0 Å². The highest BCUT2D eigenvalue weighted by Gasteiger charge is 2.25. The highest BCUT2D eigenvalue weighted by Crippen LogP contribution is 2.45. The fourth-order valence-corrected chi connectivity index (χ4v) is 9.68. The number of fused-ring (bicyclic) bond motifs is 6. The Balaban J connectivity index is 1.18. The number of nitrogens with zero attached hydrogens (tertiary/aromatic N) is 5. The molecule has 5 nitrogen and oxygen atoms in total. The third-order valence-electron chi connectivity index (χ3n) is 12.9. The molecule has 0 aliphatic carbocycles. The van der Waals surface area contributed by atoms with Crippen LogP contribution in [0.15, 0.2) is 218 Å². The first-order valence-corrected chi connectivity index (χ1v) is 22.6. The summed E-state index contributed by atoms with van der Waals surface area (Å²) in [6.07, 6.45) is 0. The molecule has 0 bridgehead atoms. The van der Waals surface area contributed by atoms with E-state index in [1.54, 1.807) is 0 Å². The third-order valence-corrected chi connectivity index (χ3v) is 12.9. The average Bonchev–Trinajstić information content (AvgIpc) is 3.88. The van der Waals surface area contributed by atoms with Crippen molar-refractivity contribution in [1.29, 1.82) is 0 Å². The van der Waals surface area contributed by atoms with Crippen LogP contribution in [0, 0.1) is 0 Å². The molecule has 3 heterocycles. The Labute approximate surface area is 384 Å². The number of aromatic nitrogens is 5. The Morgan fingerprint density at radius 3 is 1.20 bits per heavy atom. The van der Waals surface area contributed by atoms with Gasteiger partial charge in [0.05, 0.1) is 27.8 Å². The van der Waals surface area contributed by atoms with Crippen LogP contribution in [0.3, 0.4) is 0 Å². The van der Waals surface area contributed by atoms with Crippen LogP contribution >= 0.6 is 0 Å². The summed E-state index contributed by atoms with van der Waals surface area (Å²) in [4.78, 5) is 15.5. The molecule has 5 heteroatoms. The summed E-state index contributed by atoms with van der Waals surface area (Å²) in [6, 6.07) is 78.0. The number of para-hydroxylation sites is 2. The van der Waals surface area contributed by atoms with E-state index in [0.717, 1.165) is 61.4 Å². The van der Waals surface area contributed by atoms with E-state index in [0.29, 0.717) is 17.5 Å². The maximum atomic E-state index is 5.24. The van der Waals surface area contributed by atoms with Gasteiger partial charge in [-0.25, -0.2) is 15.0 Å². The topological polar surface area (TPSA) is 48.5 Å². The molecule has 0 saturated carbocycles. The van der Waals surface area contributed by atoms with Gasteiger partial charge in [-0.15, -0.1) is 0 Å². The van der Waals surface area contributed by atoms with E-state index in [2.05, 4.69) is 212 Å². The smallest absolute Gasteiger partial charge is 0.164 e. The van der Waals surface area contributed by atoms with Crippen molar-refractivity contribution in [2.24, 2.45) is 0 Å². The minimum Gasteiger partial charge on any atom is -0.309 e. The van der Waals surface area contributed by atoms with Crippen molar-refractivity contribution < 1.29 is 0 Å². The predicted molar refractivity (Wildman–Crippen MR) is 274 cm³/mol. The fourth-order valence-electron chi connectivity index (χ4n) is 9.68. The first-order valence-electron chi connectivity index (χ1n) is 22.6. The molecule has 0 amide bonds. The molecule has 0 N–H and O–H groups in total. The maximum absolute atomic E-state index is 5.24. The second kappa shape index (κ2) is 15.7. The third kappa shape index (κ3) is 6.67. The molecular weight excluding hydrogens is 803 g/mol. The highest BCUT2D eigenvalue weighted by atomic mass is 15.0. The van der Waals surface area contributed by atoms with E-state index in [-0.39, 0.29) is 5.41 Å². The van der Waals surface area contributed by atoms with Crippen LogP contribution in [0.4, 0.5) is 0 Å². The normalized spacial score (nSPS) is 11.9. The van der Waals surface area contributed by atoms with E-state index in [9.17, 15) is 0 Å². The van der Waals surface area contributed by atoms with Crippen LogP contribution in [0.25, 0.3) is 111 Å². The van der Waals surface area contributed by atoms with Crippen LogP contribution in [0.2, 0.25) is 0 Å². The number of hydrogen-bond donors (Lipinski definition) is 0. The minimum absolute atomic E-state index is 0.0547. The van der Waals surface area contributed by atoms with E-state index >= 15 is 0 Å².